The molecule has 196 valence electrons. The number of ether oxygens (including phenoxy) is 1. The molecule has 0 radical (unpaired) electrons. The van der Waals surface area contributed by atoms with E-state index in [-0.39, 0.29) is 26.2 Å². The van der Waals surface area contributed by atoms with E-state index >= 15 is 0 Å². The molecule has 2 unspecified atom stereocenters. The van der Waals surface area contributed by atoms with Crippen LogP contribution >= 0.6 is 0 Å². The lowest BCUT2D eigenvalue weighted by atomic mass is 9.73. The molecule has 1 aromatic rings. The maximum atomic E-state index is 13.0. The van der Waals surface area contributed by atoms with Crippen LogP contribution in [0.15, 0.2) is 30.3 Å². The molecule has 0 spiro atoms. The Labute approximate surface area is 209 Å². The first-order valence-electron chi connectivity index (χ1n) is 13.2. The van der Waals surface area contributed by atoms with E-state index < -0.39 is 11.1 Å². The van der Waals surface area contributed by atoms with Crippen molar-refractivity contribution in [1.82, 2.24) is 4.90 Å². The molecule has 1 aromatic carbocycles. The van der Waals surface area contributed by atoms with Gasteiger partial charge in [0.1, 0.15) is 5.60 Å². The first-order chi connectivity index (χ1) is 15.7. The number of benzene rings is 1. The van der Waals surface area contributed by atoms with Gasteiger partial charge < -0.3 is 20.5 Å². The van der Waals surface area contributed by atoms with Gasteiger partial charge in [0.2, 0.25) is 0 Å². The zero-order chi connectivity index (χ0) is 24.5. The van der Waals surface area contributed by atoms with Crippen molar-refractivity contribution in [1.29, 1.82) is 0 Å². The minimum Gasteiger partial charge on any atom is -0.444 e. The number of rotatable bonds is 6. The molecule has 2 aliphatic rings. The molecule has 3 N–H and O–H groups in total. The van der Waals surface area contributed by atoms with Gasteiger partial charge >= 0.3 is 6.09 Å². The van der Waals surface area contributed by atoms with Gasteiger partial charge in [-0.15, -0.1) is 0 Å². The number of hydrogen-bond acceptors (Lipinski definition) is 4. The number of aliphatic hydroxyl groups excluding tert-OH is 1. The zero-order valence-corrected chi connectivity index (χ0v) is 21.7. The molecule has 5 heteroatoms. The third kappa shape index (κ3) is 8.57. The molecule has 1 saturated heterocycles. The number of piperidine rings is 1. The third-order valence-electron chi connectivity index (χ3n) is 7.25. The molecule has 0 bridgehead atoms. The van der Waals surface area contributed by atoms with Gasteiger partial charge in [-0.2, -0.15) is 0 Å². The van der Waals surface area contributed by atoms with Crippen molar-refractivity contribution in [3.63, 3.8) is 0 Å². The summed E-state index contributed by atoms with van der Waals surface area (Å²) in [5, 5.41) is 9.65. The molecule has 34 heavy (non-hydrogen) atoms. The summed E-state index contributed by atoms with van der Waals surface area (Å²) in [5.74, 6) is 1.36. The van der Waals surface area contributed by atoms with Crippen molar-refractivity contribution in [2.45, 2.75) is 123 Å². The first-order valence-corrected chi connectivity index (χ1v) is 13.2. The lowest BCUT2D eigenvalue weighted by Gasteiger charge is -2.48. The summed E-state index contributed by atoms with van der Waals surface area (Å²) in [7, 11) is 0. The van der Waals surface area contributed by atoms with Crippen LogP contribution in [0.2, 0.25) is 0 Å². The fourth-order valence-corrected chi connectivity index (χ4v) is 5.60. The largest absolute Gasteiger partial charge is 0.444 e. The minimum atomic E-state index is -0.537. The average Bonchev–Trinajstić information content (AvgIpc) is 2.79. The van der Waals surface area contributed by atoms with Crippen LogP contribution < -0.4 is 5.73 Å². The Morgan fingerprint density at radius 3 is 2.29 bits per heavy atom. The molecule has 2 fully saturated rings. The van der Waals surface area contributed by atoms with Crippen LogP contribution in [0.25, 0.3) is 0 Å². The van der Waals surface area contributed by atoms with Crippen molar-refractivity contribution >= 4 is 6.09 Å². The van der Waals surface area contributed by atoms with Gasteiger partial charge in [0.05, 0.1) is 6.04 Å². The normalized spacial score (nSPS) is 27.1. The van der Waals surface area contributed by atoms with Crippen LogP contribution in [-0.2, 0) is 4.74 Å². The predicted molar refractivity (Wildman–Crippen MR) is 143 cm³/mol. The second kappa shape index (κ2) is 14.1. The highest BCUT2D eigenvalue weighted by molar-refractivity contribution is 5.69. The Bertz CT molecular complexity index is 691. The van der Waals surface area contributed by atoms with Crippen LogP contribution in [0.5, 0.6) is 0 Å². The standard InChI is InChI=1S/C26H42N2O3.C2H6.CH4/c1-25(2,3)31-24(30)28-18-7-16-26(27,17-19-29)23(28)15-12-20-10-13-22(14-11-20)21-8-5-4-6-9-21;1-2;/h4-6,8-9,20,22-23,29H,7,10-19,27H2,1-3H3;1-2H3;1H4. The first kappa shape index (κ1) is 30.4. The topological polar surface area (TPSA) is 75.8 Å². The Morgan fingerprint density at radius 1 is 1.12 bits per heavy atom. The van der Waals surface area contributed by atoms with Gasteiger partial charge in [0.15, 0.2) is 0 Å². The molecule has 2 atom stereocenters. The third-order valence-corrected chi connectivity index (χ3v) is 7.25. The van der Waals surface area contributed by atoms with Crippen LogP contribution in [-0.4, -0.2) is 46.4 Å². The highest BCUT2D eigenvalue weighted by Crippen LogP contribution is 2.39. The fourth-order valence-electron chi connectivity index (χ4n) is 5.60. The lowest BCUT2D eigenvalue weighted by Crippen LogP contribution is -2.64. The second-order valence-corrected chi connectivity index (χ2v) is 10.7. The van der Waals surface area contributed by atoms with Gasteiger partial charge in [0, 0.05) is 18.7 Å². The van der Waals surface area contributed by atoms with E-state index in [4.69, 9.17) is 10.5 Å². The SMILES string of the molecule is C.CC.CC(C)(C)OC(=O)N1CCCC(N)(CCO)C1CCC1CCC(c2ccccc2)CC1. The molecular formula is C29H52N2O3. The Hall–Kier alpha value is -1.59. The molecule has 1 amide bonds. The molecule has 0 aromatic heterocycles. The summed E-state index contributed by atoms with van der Waals surface area (Å²) in [4.78, 5) is 14.8. The number of nitrogens with zero attached hydrogens (tertiary/aromatic N) is 1. The number of carbonyl (C=O) groups excluding carboxylic acids is 1. The molecule has 1 saturated carbocycles. The highest BCUT2D eigenvalue weighted by Gasteiger charge is 2.44. The van der Waals surface area contributed by atoms with Crippen LogP contribution in [0.3, 0.4) is 0 Å². The highest BCUT2D eigenvalue weighted by atomic mass is 16.6. The number of hydrogen-bond donors (Lipinski definition) is 2. The predicted octanol–water partition coefficient (Wildman–Crippen LogP) is 6.88. The van der Waals surface area contributed by atoms with E-state index in [1.165, 1.54) is 31.2 Å². The molecular weight excluding hydrogens is 424 g/mol. The van der Waals surface area contributed by atoms with Crippen LogP contribution in [0.1, 0.15) is 111 Å². The van der Waals surface area contributed by atoms with Gasteiger partial charge in [-0.1, -0.05) is 51.6 Å². The number of nitrogens with two attached hydrogens (primary N) is 1. The van der Waals surface area contributed by atoms with E-state index in [1.807, 2.05) is 39.5 Å². The zero-order valence-electron chi connectivity index (χ0n) is 21.7. The van der Waals surface area contributed by atoms with Crippen molar-refractivity contribution < 1.29 is 14.6 Å². The minimum absolute atomic E-state index is 0. The summed E-state index contributed by atoms with van der Waals surface area (Å²) in [6.07, 6.45) is 8.86. The van der Waals surface area contributed by atoms with Crippen molar-refractivity contribution in [2.75, 3.05) is 13.2 Å². The Kier molecular flexibility index (Phi) is 12.6. The number of amides is 1. The molecule has 3 rings (SSSR count). The molecule has 1 heterocycles. The van der Waals surface area contributed by atoms with Gasteiger partial charge in [-0.3, -0.25) is 0 Å². The maximum absolute atomic E-state index is 13.0. The van der Waals surface area contributed by atoms with Gasteiger partial charge in [-0.25, -0.2) is 4.79 Å². The number of likely N-dealkylation sites (tertiary alicyclic amines) is 1. The van der Waals surface area contributed by atoms with E-state index in [9.17, 15) is 9.90 Å². The molecule has 5 nitrogen and oxygen atoms in total. The van der Waals surface area contributed by atoms with Gasteiger partial charge in [0.25, 0.3) is 0 Å². The number of aliphatic hydroxyl groups is 1. The fraction of sp³-hybridized carbons (Fsp3) is 0.759. The van der Waals surface area contributed by atoms with E-state index in [1.54, 1.807) is 0 Å². The lowest BCUT2D eigenvalue weighted by molar-refractivity contribution is -0.0119. The number of carbonyl (C=O) groups is 1. The van der Waals surface area contributed by atoms with Crippen molar-refractivity contribution in [3.05, 3.63) is 35.9 Å². The molecule has 1 aliphatic carbocycles. The van der Waals surface area contributed by atoms with Crippen molar-refractivity contribution in [3.8, 4) is 0 Å². The van der Waals surface area contributed by atoms with Crippen LogP contribution in [0, 0.1) is 5.92 Å². The van der Waals surface area contributed by atoms with Gasteiger partial charge in [-0.05, 0) is 96.0 Å². The quantitative estimate of drug-likeness (QED) is 0.469. The smallest absolute Gasteiger partial charge is 0.410 e. The van der Waals surface area contributed by atoms with Crippen LogP contribution in [0.4, 0.5) is 4.79 Å². The second-order valence-electron chi connectivity index (χ2n) is 10.7. The summed E-state index contributed by atoms with van der Waals surface area (Å²) in [6, 6.07) is 10.8. The Morgan fingerprint density at radius 2 is 1.74 bits per heavy atom. The molecule has 1 aliphatic heterocycles. The Balaban J connectivity index is 0.00000188. The summed E-state index contributed by atoms with van der Waals surface area (Å²) < 4.78 is 5.70. The average molecular weight is 477 g/mol. The van der Waals surface area contributed by atoms with E-state index in [2.05, 4.69) is 30.3 Å². The maximum Gasteiger partial charge on any atom is 0.410 e. The summed E-state index contributed by atoms with van der Waals surface area (Å²) in [5.41, 5.74) is 7.21. The van der Waals surface area contributed by atoms with E-state index in [0.29, 0.717) is 24.8 Å². The van der Waals surface area contributed by atoms with Crippen molar-refractivity contribution in [2.24, 2.45) is 11.7 Å². The summed E-state index contributed by atoms with van der Waals surface area (Å²) >= 11 is 0. The summed E-state index contributed by atoms with van der Waals surface area (Å²) in [6.45, 7) is 10.4. The monoisotopic (exact) mass is 476 g/mol. The van der Waals surface area contributed by atoms with E-state index in [0.717, 1.165) is 25.7 Å².